The van der Waals surface area contributed by atoms with Crippen molar-refractivity contribution in [2.45, 2.75) is 6.36 Å². The predicted molar refractivity (Wildman–Crippen MR) is 49.8 cm³/mol. The number of hydrogen-bond acceptors (Lipinski definition) is 4. The standard InChI is InChI=1S/C9H4F3NO4/c10-9(11,12)17-4-1-2-6-5(3-4)7(14)16-8(15)13-6/h1-3H,(H,13,15). The van der Waals surface area contributed by atoms with Crippen LogP contribution in [0.5, 0.6) is 5.75 Å². The van der Waals surface area contributed by atoms with E-state index in [1.54, 1.807) is 0 Å². The first-order valence-corrected chi connectivity index (χ1v) is 4.28. The van der Waals surface area contributed by atoms with E-state index < -0.39 is 23.5 Å². The zero-order chi connectivity index (χ0) is 12.6. The van der Waals surface area contributed by atoms with Crippen LogP contribution in [-0.2, 0) is 0 Å². The van der Waals surface area contributed by atoms with Crippen molar-refractivity contribution in [1.82, 2.24) is 4.98 Å². The number of rotatable bonds is 1. The van der Waals surface area contributed by atoms with Gasteiger partial charge in [-0.2, -0.15) is 0 Å². The summed E-state index contributed by atoms with van der Waals surface area (Å²) in [5, 5.41) is -0.202. The first-order valence-electron chi connectivity index (χ1n) is 4.28. The van der Waals surface area contributed by atoms with E-state index in [0.29, 0.717) is 0 Å². The van der Waals surface area contributed by atoms with E-state index in [2.05, 4.69) is 14.1 Å². The largest absolute Gasteiger partial charge is 0.573 e. The van der Waals surface area contributed by atoms with Gasteiger partial charge in [0.15, 0.2) is 0 Å². The van der Waals surface area contributed by atoms with E-state index in [0.717, 1.165) is 18.2 Å². The Morgan fingerprint density at radius 1 is 1.24 bits per heavy atom. The fourth-order valence-electron chi connectivity index (χ4n) is 1.27. The molecular weight excluding hydrogens is 243 g/mol. The highest BCUT2D eigenvalue weighted by Crippen LogP contribution is 2.24. The van der Waals surface area contributed by atoms with Crippen LogP contribution in [0.4, 0.5) is 13.2 Å². The number of alkyl halides is 3. The second-order valence-electron chi connectivity index (χ2n) is 3.06. The van der Waals surface area contributed by atoms with Crippen LogP contribution in [0.15, 0.2) is 32.2 Å². The summed E-state index contributed by atoms with van der Waals surface area (Å²) in [6.45, 7) is 0. The Kier molecular flexibility index (Phi) is 2.41. The highest BCUT2D eigenvalue weighted by molar-refractivity contribution is 5.78. The molecule has 0 saturated carbocycles. The molecule has 1 heterocycles. The van der Waals surface area contributed by atoms with Gasteiger partial charge in [-0.1, -0.05) is 0 Å². The van der Waals surface area contributed by atoms with Gasteiger partial charge >= 0.3 is 17.7 Å². The Balaban J connectivity index is 2.58. The zero-order valence-electron chi connectivity index (χ0n) is 8.00. The summed E-state index contributed by atoms with van der Waals surface area (Å²) in [5.74, 6) is -1.55. The number of ether oxygens (including phenoxy) is 1. The van der Waals surface area contributed by atoms with Crippen LogP contribution < -0.4 is 16.1 Å². The topological polar surface area (TPSA) is 72.3 Å². The molecular formula is C9H4F3NO4. The van der Waals surface area contributed by atoms with Gasteiger partial charge in [-0.15, -0.1) is 13.2 Å². The monoisotopic (exact) mass is 247 g/mol. The normalized spacial score (nSPS) is 11.7. The lowest BCUT2D eigenvalue weighted by molar-refractivity contribution is -0.274. The maximum absolute atomic E-state index is 11.9. The minimum Gasteiger partial charge on any atom is -0.406 e. The highest BCUT2D eigenvalue weighted by atomic mass is 19.4. The number of hydrogen-bond donors (Lipinski definition) is 1. The van der Waals surface area contributed by atoms with Crippen LogP contribution in [0.2, 0.25) is 0 Å². The quantitative estimate of drug-likeness (QED) is 0.826. The Labute approximate surface area is 90.4 Å². The third kappa shape index (κ3) is 2.47. The van der Waals surface area contributed by atoms with Gasteiger partial charge in [-0.3, -0.25) is 4.98 Å². The van der Waals surface area contributed by atoms with Gasteiger partial charge in [-0.05, 0) is 18.2 Å². The molecule has 0 aliphatic rings. The molecule has 0 unspecified atom stereocenters. The van der Waals surface area contributed by atoms with Gasteiger partial charge in [0.05, 0.1) is 10.9 Å². The molecule has 0 saturated heterocycles. The summed E-state index contributed by atoms with van der Waals surface area (Å²) in [5.41, 5.74) is -0.961. The van der Waals surface area contributed by atoms with Crippen molar-refractivity contribution in [2.75, 3.05) is 0 Å². The molecule has 0 aliphatic heterocycles. The molecule has 1 aromatic carbocycles. The van der Waals surface area contributed by atoms with E-state index in [1.807, 2.05) is 0 Å². The van der Waals surface area contributed by atoms with Crippen LogP contribution >= 0.6 is 0 Å². The van der Waals surface area contributed by atoms with Crippen molar-refractivity contribution in [2.24, 2.45) is 0 Å². The van der Waals surface area contributed by atoms with Crippen molar-refractivity contribution >= 4 is 10.9 Å². The number of halogens is 3. The number of H-pyrrole nitrogens is 1. The van der Waals surface area contributed by atoms with Crippen LogP contribution in [0.1, 0.15) is 0 Å². The molecule has 5 nitrogen and oxygen atoms in total. The lowest BCUT2D eigenvalue weighted by atomic mass is 10.2. The third-order valence-corrected chi connectivity index (χ3v) is 1.87. The van der Waals surface area contributed by atoms with Gasteiger partial charge in [0.2, 0.25) is 0 Å². The van der Waals surface area contributed by atoms with Crippen molar-refractivity contribution in [3.05, 3.63) is 39.2 Å². The predicted octanol–water partition coefficient (Wildman–Crippen LogP) is 1.38. The Bertz CT molecular complexity index is 670. The van der Waals surface area contributed by atoms with Crippen molar-refractivity contribution in [3.8, 4) is 5.75 Å². The van der Waals surface area contributed by atoms with Crippen LogP contribution in [0.25, 0.3) is 10.9 Å². The molecule has 1 aromatic heterocycles. The Morgan fingerprint density at radius 2 is 1.94 bits per heavy atom. The van der Waals surface area contributed by atoms with Crippen LogP contribution in [-0.4, -0.2) is 11.3 Å². The highest BCUT2D eigenvalue weighted by Gasteiger charge is 2.31. The molecule has 0 radical (unpaired) electrons. The number of aromatic amines is 1. The van der Waals surface area contributed by atoms with Gasteiger partial charge in [0.25, 0.3) is 0 Å². The molecule has 0 aliphatic carbocycles. The number of benzene rings is 1. The number of fused-ring (bicyclic) bond motifs is 1. The summed E-state index contributed by atoms with van der Waals surface area (Å²) in [4.78, 5) is 24.1. The van der Waals surface area contributed by atoms with Crippen molar-refractivity contribution < 1.29 is 22.3 Å². The molecule has 2 aromatic rings. The van der Waals surface area contributed by atoms with Gasteiger partial charge in [0.1, 0.15) is 5.75 Å². The van der Waals surface area contributed by atoms with E-state index in [9.17, 15) is 22.8 Å². The molecule has 0 fully saturated rings. The van der Waals surface area contributed by atoms with Gasteiger partial charge < -0.3 is 9.15 Å². The zero-order valence-corrected chi connectivity index (χ0v) is 8.00. The molecule has 17 heavy (non-hydrogen) atoms. The second-order valence-corrected chi connectivity index (χ2v) is 3.06. The van der Waals surface area contributed by atoms with Gasteiger partial charge in [0, 0.05) is 0 Å². The fraction of sp³-hybridized carbons (Fsp3) is 0.111. The lowest BCUT2D eigenvalue weighted by Gasteiger charge is -2.08. The fourth-order valence-corrected chi connectivity index (χ4v) is 1.27. The van der Waals surface area contributed by atoms with E-state index in [-0.39, 0.29) is 10.9 Å². The van der Waals surface area contributed by atoms with E-state index >= 15 is 0 Å². The first-order chi connectivity index (χ1) is 7.85. The summed E-state index contributed by atoms with van der Waals surface area (Å²) in [7, 11) is 0. The van der Waals surface area contributed by atoms with Crippen molar-refractivity contribution in [1.29, 1.82) is 0 Å². The number of aromatic nitrogens is 1. The van der Waals surface area contributed by atoms with Crippen molar-refractivity contribution in [3.63, 3.8) is 0 Å². The lowest BCUT2D eigenvalue weighted by Crippen LogP contribution is -2.18. The molecule has 0 bridgehead atoms. The molecule has 8 heteroatoms. The summed E-state index contributed by atoms with van der Waals surface area (Å²) in [6, 6.07) is 2.94. The van der Waals surface area contributed by atoms with Crippen LogP contribution in [0.3, 0.4) is 0 Å². The second kappa shape index (κ2) is 3.65. The average Bonchev–Trinajstić information content (AvgIpc) is 2.16. The Morgan fingerprint density at radius 3 is 2.59 bits per heavy atom. The average molecular weight is 247 g/mol. The minimum atomic E-state index is -4.85. The minimum absolute atomic E-state index is 0.0702. The smallest absolute Gasteiger partial charge is 0.406 e. The maximum atomic E-state index is 11.9. The SMILES string of the molecule is O=c1[nH]c2ccc(OC(F)(F)F)cc2c(=O)o1. The molecule has 0 atom stereocenters. The summed E-state index contributed by atoms with van der Waals surface area (Å²) < 4.78 is 43.6. The molecule has 90 valence electrons. The summed E-state index contributed by atoms with van der Waals surface area (Å²) in [6.07, 6.45) is -4.85. The molecule has 0 spiro atoms. The summed E-state index contributed by atoms with van der Waals surface area (Å²) >= 11 is 0. The first kappa shape index (κ1) is 11.2. The maximum Gasteiger partial charge on any atom is 0.573 e. The van der Waals surface area contributed by atoms with E-state index in [4.69, 9.17) is 0 Å². The van der Waals surface area contributed by atoms with Crippen LogP contribution in [0, 0.1) is 0 Å². The Hall–Kier alpha value is -2.25. The van der Waals surface area contributed by atoms with E-state index in [1.165, 1.54) is 0 Å². The molecule has 0 amide bonds. The third-order valence-electron chi connectivity index (χ3n) is 1.87. The number of nitrogens with one attached hydrogen (secondary N) is 1. The molecule has 2 rings (SSSR count). The molecule has 1 N–H and O–H groups in total. The van der Waals surface area contributed by atoms with Gasteiger partial charge in [-0.25, -0.2) is 9.59 Å².